The minimum atomic E-state index is 0.431. The van der Waals surface area contributed by atoms with Gasteiger partial charge in [-0.3, -0.25) is 4.68 Å². The third-order valence-electron chi connectivity index (χ3n) is 2.73. The molecule has 0 atom stereocenters. The third kappa shape index (κ3) is 2.83. The zero-order valence-corrected chi connectivity index (χ0v) is 11.2. The molecule has 0 saturated heterocycles. The summed E-state index contributed by atoms with van der Waals surface area (Å²) < 4.78 is 7.49. The first-order valence-corrected chi connectivity index (χ1v) is 6.08. The van der Waals surface area contributed by atoms with Crippen LogP contribution in [-0.4, -0.2) is 9.78 Å². The minimum Gasteiger partial charge on any atom is -0.487 e. The number of nitrogens with two attached hydrogens (primary N) is 1. The van der Waals surface area contributed by atoms with E-state index in [1.807, 2.05) is 36.9 Å². The van der Waals surface area contributed by atoms with E-state index in [0.29, 0.717) is 18.2 Å². The summed E-state index contributed by atoms with van der Waals surface area (Å²) in [6, 6.07) is 7.53. The third-order valence-corrected chi connectivity index (χ3v) is 3.08. The van der Waals surface area contributed by atoms with E-state index in [2.05, 4.69) is 5.10 Å². The van der Waals surface area contributed by atoms with Crippen LogP contribution in [0, 0.1) is 6.92 Å². The summed E-state index contributed by atoms with van der Waals surface area (Å²) in [5, 5.41) is 4.90. The minimum absolute atomic E-state index is 0.431. The molecule has 4 nitrogen and oxygen atoms in total. The number of nitrogens with zero attached hydrogens (tertiary/aromatic N) is 2. The van der Waals surface area contributed by atoms with Crippen molar-refractivity contribution in [2.24, 2.45) is 12.8 Å². The number of hydrogen-bond donors (Lipinski definition) is 1. The van der Waals surface area contributed by atoms with Gasteiger partial charge in [0.2, 0.25) is 0 Å². The maximum Gasteiger partial charge on any atom is 0.130 e. The summed E-state index contributed by atoms with van der Waals surface area (Å²) in [6.45, 7) is 2.85. The largest absolute Gasteiger partial charge is 0.487 e. The van der Waals surface area contributed by atoms with E-state index in [4.69, 9.17) is 22.1 Å². The van der Waals surface area contributed by atoms with Crippen molar-refractivity contribution < 1.29 is 4.74 Å². The molecule has 1 aromatic heterocycles. The molecular weight excluding hydrogens is 250 g/mol. The van der Waals surface area contributed by atoms with E-state index < -0.39 is 0 Å². The molecule has 0 fully saturated rings. The summed E-state index contributed by atoms with van der Waals surface area (Å²) in [7, 11) is 1.90. The van der Waals surface area contributed by atoms with Crippen molar-refractivity contribution in [3.63, 3.8) is 0 Å². The van der Waals surface area contributed by atoms with Gasteiger partial charge in [0, 0.05) is 18.6 Å². The molecule has 0 saturated carbocycles. The molecule has 0 aliphatic heterocycles. The van der Waals surface area contributed by atoms with Gasteiger partial charge in [-0.2, -0.15) is 5.10 Å². The smallest absolute Gasteiger partial charge is 0.130 e. The fourth-order valence-corrected chi connectivity index (χ4v) is 1.99. The molecule has 0 radical (unpaired) electrons. The number of aromatic nitrogens is 2. The van der Waals surface area contributed by atoms with E-state index in [0.717, 1.165) is 22.7 Å². The maximum absolute atomic E-state index is 6.07. The molecule has 0 bridgehead atoms. The van der Waals surface area contributed by atoms with Crippen LogP contribution >= 0.6 is 11.6 Å². The highest BCUT2D eigenvalue weighted by molar-refractivity contribution is 6.31. The van der Waals surface area contributed by atoms with Crippen molar-refractivity contribution in [2.75, 3.05) is 0 Å². The van der Waals surface area contributed by atoms with Crippen LogP contribution in [0.5, 0.6) is 5.75 Å². The van der Waals surface area contributed by atoms with Gasteiger partial charge in [-0.05, 0) is 30.7 Å². The van der Waals surface area contributed by atoms with Gasteiger partial charge < -0.3 is 10.5 Å². The lowest BCUT2D eigenvalue weighted by molar-refractivity contribution is 0.295. The molecule has 5 heteroatoms. The number of halogens is 1. The first-order chi connectivity index (χ1) is 8.60. The molecule has 1 aromatic carbocycles. The zero-order valence-electron chi connectivity index (χ0n) is 10.5. The summed E-state index contributed by atoms with van der Waals surface area (Å²) in [4.78, 5) is 0. The molecule has 0 unspecified atom stereocenters. The maximum atomic E-state index is 6.07. The van der Waals surface area contributed by atoms with E-state index in [1.165, 1.54) is 0 Å². The van der Waals surface area contributed by atoms with Crippen LogP contribution in [0.4, 0.5) is 0 Å². The molecular formula is C13H16ClN3O. The standard InChI is InChI=1S/C13H16ClN3O/c1-9-5-11(17(2)16-9)8-18-12-4-3-10(7-15)13(14)6-12/h3-6H,7-8,15H2,1-2H3. The quantitative estimate of drug-likeness (QED) is 0.924. The fraction of sp³-hybridized carbons (Fsp3) is 0.308. The van der Waals surface area contributed by atoms with Gasteiger partial charge in [-0.15, -0.1) is 0 Å². The van der Waals surface area contributed by atoms with Gasteiger partial charge in [0.1, 0.15) is 12.4 Å². The predicted molar refractivity (Wildman–Crippen MR) is 71.6 cm³/mol. The van der Waals surface area contributed by atoms with Gasteiger partial charge in [0.15, 0.2) is 0 Å². The van der Waals surface area contributed by atoms with Crippen LogP contribution < -0.4 is 10.5 Å². The van der Waals surface area contributed by atoms with E-state index in [9.17, 15) is 0 Å². The average Bonchev–Trinajstić information content (AvgIpc) is 2.65. The molecule has 2 N–H and O–H groups in total. The van der Waals surface area contributed by atoms with Crippen LogP contribution in [-0.2, 0) is 20.2 Å². The van der Waals surface area contributed by atoms with Gasteiger partial charge in [-0.1, -0.05) is 17.7 Å². The van der Waals surface area contributed by atoms with E-state index in [-0.39, 0.29) is 0 Å². The Hall–Kier alpha value is -1.52. The van der Waals surface area contributed by atoms with Crippen molar-refractivity contribution >= 4 is 11.6 Å². The van der Waals surface area contributed by atoms with Crippen LogP contribution in [0.2, 0.25) is 5.02 Å². The van der Waals surface area contributed by atoms with Gasteiger partial charge in [0.05, 0.1) is 11.4 Å². The van der Waals surface area contributed by atoms with Gasteiger partial charge in [-0.25, -0.2) is 0 Å². The van der Waals surface area contributed by atoms with Crippen molar-refractivity contribution in [2.45, 2.75) is 20.1 Å². The SMILES string of the molecule is Cc1cc(COc2ccc(CN)c(Cl)c2)n(C)n1. The molecule has 2 rings (SSSR count). The van der Waals surface area contributed by atoms with E-state index >= 15 is 0 Å². The Bertz CT molecular complexity index is 551. The molecule has 2 aromatic rings. The number of benzene rings is 1. The number of rotatable bonds is 4. The van der Waals surface area contributed by atoms with Crippen molar-refractivity contribution in [1.82, 2.24) is 9.78 Å². The molecule has 0 aliphatic rings. The number of hydrogen-bond acceptors (Lipinski definition) is 3. The molecule has 18 heavy (non-hydrogen) atoms. The monoisotopic (exact) mass is 265 g/mol. The Morgan fingerprint density at radius 2 is 2.17 bits per heavy atom. The first kappa shape index (κ1) is 12.9. The van der Waals surface area contributed by atoms with Gasteiger partial charge >= 0.3 is 0 Å². The second-order valence-corrected chi connectivity index (χ2v) is 4.55. The highest BCUT2D eigenvalue weighted by atomic mass is 35.5. The average molecular weight is 266 g/mol. The first-order valence-electron chi connectivity index (χ1n) is 5.71. The van der Waals surface area contributed by atoms with Crippen molar-refractivity contribution in [1.29, 1.82) is 0 Å². The molecule has 0 amide bonds. The Balaban J connectivity index is 2.06. The topological polar surface area (TPSA) is 53.1 Å². The van der Waals surface area contributed by atoms with Crippen molar-refractivity contribution in [3.05, 3.63) is 46.2 Å². The van der Waals surface area contributed by atoms with Crippen molar-refractivity contribution in [3.8, 4) is 5.75 Å². The lowest BCUT2D eigenvalue weighted by Gasteiger charge is -2.08. The Morgan fingerprint density at radius 3 is 2.72 bits per heavy atom. The Kier molecular flexibility index (Phi) is 3.89. The Morgan fingerprint density at radius 1 is 1.39 bits per heavy atom. The summed E-state index contributed by atoms with van der Waals surface area (Å²) >= 11 is 6.07. The van der Waals surface area contributed by atoms with E-state index in [1.54, 1.807) is 6.07 Å². The van der Waals surface area contributed by atoms with Crippen LogP contribution in [0.25, 0.3) is 0 Å². The molecule has 96 valence electrons. The van der Waals surface area contributed by atoms with Crippen LogP contribution in [0.1, 0.15) is 17.0 Å². The number of aryl methyl sites for hydroxylation is 2. The molecule has 0 spiro atoms. The summed E-state index contributed by atoms with van der Waals surface area (Å²) in [5.41, 5.74) is 8.47. The highest BCUT2D eigenvalue weighted by Crippen LogP contribution is 2.22. The summed E-state index contributed by atoms with van der Waals surface area (Å²) in [5.74, 6) is 0.732. The second-order valence-electron chi connectivity index (χ2n) is 4.15. The zero-order chi connectivity index (χ0) is 13.1. The lowest BCUT2D eigenvalue weighted by atomic mass is 10.2. The van der Waals surface area contributed by atoms with Gasteiger partial charge in [0.25, 0.3) is 0 Å². The summed E-state index contributed by atoms with van der Waals surface area (Å²) in [6.07, 6.45) is 0. The fourth-order valence-electron chi connectivity index (χ4n) is 1.74. The normalized spacial score (nSPS) is 10.7. The Labute approximate surface area is 111 Å². The predicted octanol–water partition coefficient (Wildman–Crippen LogP) is 2.42. The molecule has 1 heterocycles. The van der Waals surface area contributed by atoms with Crippen LogP contribution in [0.15, 0.2) is 24.3 Å². The second kappa shape index (κ2) is 5.42. The lowest BCUT2D eigenvalue weighted by Crippen LogP contribution is -2.03. The molecule has 0 aliphatic carbocycles. The van der Waals surface area contributed by atoms with Crippen LogP contribution in [0.3, 0.4) is 0 Å². The number of ether oxygens (including phenoxy) is 1. The highest BCUT2D eigenvalue weighted by Gasteiger charge is 2.05.